The van der Waals surface area contributed by atoms with E-state index in [-0.39, 0.29) is 30.3 Å². The molecule has 0 saturated carbocycles. The molecule has 2 rings (SSSR count). The number of rotatable bonds is 10. The number of nitrogens with zero attached hydrogens (tertiary/aromatic N) is 3. The van der Waals surface area contributed by atoms with Gasteiger partial charge < -0.3 is 15.2 Å². The molecule has 2 amide bonds. The first kappa shape index (κ1) is 23.9. The number of aromatic amines is 1. The Morgan fingerprint density at radius 1 is 1.32 bits per heavy atom. The second-order valence-electron chi connectivity index (χ2n) is 6.84. The zero-order valence-corrected chi connectivity index (χ0v) is 18.5. The topological polar surface area (TPSA) is 80.8 Å². The van der Waals surface area contributed by atoms with Crippen molar-refractivity contribution in [3.63, 3.8) is 0 Å². The average molecular weight is 428 g/mol. The molecule has 31 heavy (non-hydrogen) atoms. The van der Waals surface area contributed by atoms with E-state index in [1.165, 1.54) is 7.05 Å². The molecule has 7 nitrogen and oxygen atoms in total. The number of allylic oxidation sites excluding steroid dienone is 1. The number of carbonyl (C=O) groups is 2. The first-order valence-electron chi connectivity index (χ1n) is 10.2. The monoisotopic (exact) mass is 427 g/mol. The molecule has 0 aliphatic carbocycles. The third-order valence-corrected chi connectivity index (χ3v) is 5.02. The lowest BCUT2D eigenvalue weighted by Gasteiger charge is -2.24. The van der Waals surface area contributed by atoms with Crippen LogP contribution in [0.15, 0.2) is 42.2 Å². The third-order valence-electron chi connectivity index (χ3n) is 5.02. The fourth-order valence-electron chi connectivity index (χ4n) is 3.30. The first-order valence-corrected chi connectivity index (χ1v) is 10.2. The number of hydrogen-bond donors (Lipinski definition) is 2. The molecule has 0 aliphatic heterocycles. The Balaban J connectivity index is 2.23. The van der Waals surface area contributed by atoms with Crippen LogP contribution >= 0.6 is 0 Å². The molecule has 0 atom stereocenters. The lowest BCUT2D eigenvalue weighted by atomic mass is 10.0. The first-order chi connectivity index (χ1) is 14.9. The lowest BCUT2D eigenvalue weighted by molar-refractivity contribution is -0.130. The number of hydrazone groups is 1. The summed E-state index contributed by atoms with van der Waals surface area (Å²) in [5, 5.41) is 8.85. The molecule has 8 heteroatoms. The van der Waals surface area contributed by atoms with Crippen molar-refractivity contribution in [1.82, 2.24) is 20.2 Å². The van der Waals surface area contributed by atoms with Crippen LogP contribution in [0, 0.1) is 5.82 Å². The number of benzene rings is 1. The molecule has 1 heterocycles. The van der Waals surface area contributed by atoms with Crippen LogP contribution in [0.1, 0.15) is 43.2 Å². The Labute approximate surface area is 182 Å². The number of H-pyrrole nitrogens is 1. The summed E-state index contributed by atoms with van der Waals surface area (Å²) in [5.41, 5.74) is 1.65. The van der Waals surface area contributed by atoms with Gasteiger partial charge in [-0.25, -0.2) is 4.39 Å². The average Bonchev–Trinajstić information content (AvgIpc) is 3.23. The number of likely N-dealkylation sites (N-methyl/N-ethyl adjacent to an activating group) is 1. The van der Waals surface area contributed by atoms with Crippen molar-refractivity contribution >= 4 is 34.5 Å². The molecular formula is C23H30FN5O2. The van der Waals surface area contributed by atoms with Crippen LogP contribution in [0.25, 0.3) is 16.5 Å². The Bertz CT molecular complexity index is 1010. The number of amides is 2. The molecule has 166 valence electrons. The number of nitrogens with one attached hydrogen (secondary N) is 2. The van der Waals surface area contributed by atoms with E-state index in [2.05, 4.69) is 22.0 Å². The summed E-state index contributed by atoms with van der Waals surface area (Å²) in [4.78, 5) is 29.1. The van der Waals surface area contributed by atoms with Crippen LogP contribution in [0.2, 0.25) is 0 Å². The fourth-order valence-corrected chi connectivity index (χ4v) is 3.30. The quantitative estimate of drug-likeness (QED) is 0.448. The molecular weight excluding hydrogens is 397 g/mol. The molecule has 2 N–H and O–H groups in total. The lowest BCUT2D eigenvalue weighted by Crippen LogP contribution is -2.34. The molecule has 0 bridgehead atoms. The highest BCUT2D eigenvalue weighted by atomic mass is 19.1. The second kappa shape index (κ2) is 11.1. The number of fused-ring (bicyclic) bond motifs is 1. The molecule has 0 unspecified atom stereocenters. The summed E-state index contributed by atoms with van der Waals surface area (Å²) in [7, 11) is 1.52. The zero-order valence-electron chi connectivity index (χ0n) is 18.5. The molecule has 0 aliphatic rings. The van der Waals surface area contributed by atoms with Gasteiger partial charge in [0.25, 0.3) is 5.91 Å². The van der Waals surface area contributed by atoms with Gasteiger partial charge in [-0.3, -0.25) is 14.6 Å². The van der Waals surface area contributed by atoms with Crippen molar-refractivity contribution in [1.29, 1.82) is 0 Å². The van der Waals surface area contributed by atoms with Gasteiger partial charge in [-0.2, -0.15) is 5.10 Å². The standard InChI is InChI=1S/C23H30FN5O2/c1-6-16(15-28(8-3)20(30)12-13-29(9-4)26-7-2)18-11-10-17-14-19(23(31)25-5)27-22(17)21(18)24/h6-7,9-11,14,27H,4,8,12-13,15H2,1-3,5H3,(H,25,31)/b16-6+,26-7-. The molecule has 1 aromatic heterocycles. The van der Waals surface area contributed by atoms with Gasteiger partial charge in [0.2, 0.25) is 5.91 Å². The highest BCUT2D eigenvalue weighted by Gasteiger charge is 2.19. The minimum Gasteiger partial charge on any atom is -0.354 e. The maximum atomic E-state index is 15.3. The Morgan fingerprint density at radius 3 is 2.65 bits per heavy atom. The SMILES string of the molecule is C=CN(CCC(=O)N(CC)C/C(=C\C)c1ccc2cc(C(=O)NC)[nH]c2c1F)/N=C\C. The van der Waals surface area contributed by atoms with Crippen LogP contribution in [0.4, 0.5) is 4.39 Å². The number of hydrogen-bond acceptors (Lipinski definition) is 4. The third kappa shape index (κ3) is 5.59. The van der Waals surface area contributed by atoms with E-state index in [9.17, 15) is 9.59 Å². The van der Waals surface area contributed by atoms with Gasteiger partial charge in [0.15, 0.2) is 5.82 Å². The van der Waals surface area contributed by atoms with Gasteiger partial charge in [0.05, 0.1) is 5.52 Å². The van der Waals surface area contributed by atoms with Gasteiger partial charge in [-0.15, -0.1) is 0 Å². The van der Waals surface area contributed by atoms with Crippen molar-refractivity contribution in [2.45, 2.75) is 27.2 Å². The molecule has 0 radical (unpaired) electrons. The predicted molar refractivity (Wildman–Crippen MR) is 123 cm³/mol. The van der Waals surface area contributed by atoms with E-state index >= 15 is 4.39 Å². The molecule has 0 saturated heterocycles. The van der Waals surface area contributed by atoms with Crippen LogP contribution < -0.4 is 5.32 Å². The summed E-state index contributed by atoms with van der Waals surface area (Å²) >= 11 is 0. The maximum absolute atomic E-state index is 15.3. The number of carbonyl (C=O) groups excluding carboxylic acids is 2. The summed E-state index contributed by atoms with van der Waals surface area (Å²) in [6.07, 6.45) is 5.27. The minimum absolute atomic E-state index is 0.0525. The molecule has 0 spiro atoms. The van der Waals surface area contributed by atoms with E-state index in [0.717, 1.165) is 0 Å². The van der Waals surface area contributed by atoms with E-state index in [0.29, 0.717) is 35.3 Å². The van der Waals surface area contributed by atoms with Gasteiger partial charge in [-0.1, -0.05) is 24.8 Å². The van der Waals surface area contributed by atoms with Gasteiger partial charge in [0, 0.05) is 56.5 Å². The minimum atomic E-state index is -0.445. The van der Waals surface area contributed by atoms with Crippen molar-refractivity contribution in [3.8, 4) is 0 Å². The number of halogens is 1. The van der Waals surface area contributed by atoms with Gasteiger partial charge in [0.1, 0.15) is 5.69 Å². The maximum Gasteiger partial charge on any atom is 0.267 e. The van der Waals surface area contributed by atoms with E-state index < -0.39 is 5.82 Å². The molecule has 0 fully saturated rings. The van der Waals surface area contributed by atoms with Gasteiger partial charge >= 0.3 is 0 Å². The molecule has 2 aromatic rings. The van der Waals surface area contributed by atoms with Crippen molar-refractivity contribution in [2.75, 3.05) is 26.7 Å². The summed E-state index contributed by atoms with van der Waals surface area (Å²) in [6, 6.07) is 5.06. The van der Waals surface area contributed by atoms with Crippen LogP contribution in [-0.2, 0) is 4.79 Å². The van der Waals surface area contributed by atoms with Crippen LogP contribution in [0.5, 0.6) is 0 Å². The number of aromatic nitrogens is 1. The summed E-state index contributed by atoms with van der Waals surface area (Å²) in [6.45, 7) is 10.4. The Kier molecular flexibility index (Phi) is 8.54. The molecule has 1 aromatic carbocycles. The summed E-state index contributed by atoms with van der Waals surface area (Å²) in [5.74, 6) is -0.810. The smallest absolute Gasteiger partial charge is 0.267 e. The van der Waals surface area contributed by atoms with Crippen LogP contribution in [0.3, 0.4) is 0 Å². The predicted octanol–water partition coefficient (Wildman–Crippen LogP) is 3.76. The van der Waals surface area contributed by atoms with E-state index in [4.69, 9.17) is 0 Å². The zero-order chi connectivity index (χ0) is 23.0. The van der Waals surface area contributed by atoms with Gasteiger partial charge in [-0.05, 0) is 32.4 Å². The highest BCUT2D eigenvalue weighted by molar-refractivity contribution is 5.98. The van der Waals surface area contributed by atoms with Crippen LogP contribution in [-0.4, -0.2) is 59.6 Å². The largest absolute Gasteiger partial charge is 0.354 e. The second-order valence-corrected chi connectivity index (χ2v) is 6.84. The summed E-state index contributed by atoms with van der Waals surface area (Å²) < 4.78 is 15.3. The van der Waals surface area contributed by atoms with Crippen molar-refractivity contribution in [3.05, 3.63) is 54.1 Å². The van der Waals surface area contributed by atoms with Crippen molar-refractivity contribution < 1.29 is 14.0 Å². The van der Waals surface area contributed by atoms with E-state index in [1.54, 1.807) is 53.5 Å². The Hall–Kier alpha value is -3.42. The fraction of sp³-hybridized carbons (Fsp3) is 0.348. The highest BCUT2D eigenvalue weighted by Crippen LogP contribution is 2.27. The van der Waals surface area contributed by atoms with E-state index in [1.807, 2.05) is 13.8 Å². The van der Waals surface area contributed by atoms with Crippen molar-refractivity contribution in [2.24, 2.45) is 5.10 Å². The Morgan fingerprint density at radius 2 is 2.06 bits per heavy atom. The normalized spacial score (nSPS) is 11.7.